The summed E-state index contributed by atoms with van der Waals surface area (Å²) in [4.78, 5) is 22.0. The molecule has 0 radical (unpaired) electrons. The molecule has 1 aliphatic rings. The summed E-state index contributed by atoms with van der Waals surface area (Å²) in [6.07, 6.45) is 0.355. The third-order valence-electron chi connectivity index (χ3n) is 2.03. The molecule has 0 aromatic carbocycles. The molecule has 1 heterocycles. The first kappa shape index (κ1) is 12.0. The normalized spacial score (nSPS) is 23.4. The summed E-state index contributed by atoms with van der Waals surface area (Å²) in [6.45, 7) is 1.71. The van der Waals surface area contributed by atoms with Crippen molar-refractivity contribution in [2.24, 2.45) is 0 Å². The molecule has 1 atom stereocenters. The van der Waals surface area contributed by atoms with Crippen molar-refractivity contribution in [1.82, 2.24) is 5.32 Å². The standard InChI is InChI=1S/C8H13NO5S/c1-2-14-8(11)7(10)9-6-3-4-15(12,13)5-6/h6H,2-5H2,1H3,(H,9,10)/t6-/m0/s1. The van der Waals surface area contributed by atoms with Crippen molar-refractivity contribution in [1.29, 1.82) is 0 Å². The van der Waals surface area contributed by atoms with Crippen LogP contribution in [0.25, 0.3) is 0 Å². The van der Waals surface area contributed by atoms with Crippen LogP contribution in [-0.2, 0) is 24.2 Å². The van der Waals surface area contributed by atoms with Crippen LogP contribution >= 0.6 is 0 Å². The Morgan fingerprint density at radius 2 is 2.13 bits per heavy atom. The van der Waals surface area contributed by atoms with E-state index in [1.807, 2.05) is 0 Å². The minimum Gasteiger partial charge on any atom is -0.459 e. The highest BCUT2D eigenvalue weighted by Crippen LogP contribution is 2.10. The number of hydrogen-bond acceptors (Lipinski definition) is 5. The predicted octanol–water partition coefficient (Wildman–Crippen LogP) is -1.15. The monoisotopic (exact) mass is 235 g/mol. The average Bonchev–Trinajstić information content (AvgIpc) is 2.46. The van der Waals surface area contributed by atoms with Crippen LogP contribution in [0.5, 0.6) is 0 Å². The molecule has 0 saturated carbocycles. The lowest BCUT2D eigenvalue weighted by molar-refractivity contribution is -0.154. The number of rotatable bonds is 2. The van der Waals surface area contributed by atoms with Gasteiger partial charge in [-0.15, -0.1) is 0 Å². The highest BCUT2D eigenvalue weighted by molar-refractivity contribution is 7.91. The van der Waals surface area contributed by atoms with Gasteiger partial charge in [0.25, 0.3) is 0 Å². The number of carbonyl (C=O) groups is 2. The zero-order valence-electron chi connectivity index (χ0n) is 8.36. The molecule has 1 N–H and O–H groups in total. The number of carbonyl (C=O) groups excluding carboxylic acids is 2. The highest BCUT2D eigenvalue weighted by atomic mass is 32.2. The van der Waals surface area contributed by atoms with Crippen LogP contribution in [-0.4, -0.2) is 44.4 Å². The van der Waals surface area contributed by atoms with Crippen LogP contribution in [0, 0.1) is 0 Å². The van der Waals surface area contributed by atoms with E-state index in [4.69, 9.17) is 0 Å². The summed E-state index contributed by atoms with van der Waals surface area (Å²) < 4.78 is 26.6. The summed E-state index contributed by atoms with van der Waals surface area (Å²) in [5, 5.41) is 2.33. The second-order valence-corrected chi connectivity index (χ2v) is 5.52. The molecule has 15 heavy (non-hydrogen) atoms. The van der Waals surface area contributed by atoms with Crippen molar-refractivity contribution in [2.45, 2.75) is 19.4 Å². The average molecular weight is 235 g/mol. The van der Waals surface area contributed by atoms with Crippen molar-refractivity contribution in [2.75, 3.05) is 18.1 Å². The van der Waals surface area contributed by atoms with Crippen LogP contribution in [0.1, 0.15) is 13.3 Å². The molecule has 0 bridgehead atoms. The summed E-state index contributed by atoms with van der Waals surface area (Å²) >= 11 is 0. The predicted molar refractivity (Wildman–Crippen MR) is 51.8 cm³/mol. The fourth-order valence-electron chi connectivity index (χ4n) is 1.35. The Hall–Kier alpha value is -1.11. The third kappa shape index (κ3) is 3.50. The Labute approximate surface area is 87.9 Å². The lowest BCUT2D eigenvalue weighted by Gasteiger charge is -2.09. The van der Waals surface area contributed by atoms with E-state index >= 15 is 0 Å². The molecule has 1 aliphatic heterocycles. The summed E-state index contributed by atoms with van der Waals surface area (Å²) in [6, 6.07) is -0.466. The Kier molecular flexibility index (Phi) is 3.67. The van der Waals surface area contributed by atoms with Crippen LogP contribution in [0.15, 0.2) is 0 Å². The molecule has 0 aliphatic carbocycles. The van der Waals surface area contributed by atoms with Crippen molar-refractivity contribution >= 4 is 21.7 Å². The van der Waals surface area contributed by atoms with Gasteiger partial charge in [-0.25, -0.2) is 13.2 Å². The van der Waals surface area contributed by atoms with Crippen LogP contribution < -0.4 is 5.32 Å². The maximum Gasteiger partial charge on any atom is 0.396 e. The van der Waals surface area contributed by atoms with E-state index in [0.29, 0.717) is 6.42 Å². The van der Waals surface area contributed by atoms with Gasteiger partial charge in [-0.3, -0.25) is 4.79 Å². The number of amides is 1. The van der Waals surface area contributed by atoms with E-state index < -0.39 is 27.8 Å². The van der Waals surface area contributed by atoms with Gasteiger partial charge in [-0.1, -0.05) is 0 Å². The smallest absolute Gasteiger partial charge is 0.396 e. The van der Waals surface area contributed by atoms with E-state index in [1.165, 1.54) is 0 Å². The Bertz CT molecular complexity index is 361. The first-order chi connectivity index (χ1) is 6.94. The second kappa shape index (κ2) is 4.61. The fourth-order valence-corrected chi connectivity index (χ4v) is 3.02. The molecule has 0 unspecified atom stereocenters. The number of nitrogens with one attached hydrogen (secondary N) is 1. The fraction of sp³-hybridized carbons (Fsp3) is 0.750. The van der Waals surface area contributed by atoms with Crippen LogP contribution in [0.2, 0.25) is 0 Å². The van der Waals surface area contributed by atoms with Gasteiger partial charge in [0.2, 0.25) is 0 Å². The molecule has 1 fully saturated rings. The summed E-state index contributed by atoms with van der Waals surface area (Å²) in [5.74, 6) is -1.89. The van der Waals surface area contributed by atoms with Gasteiger partial charge in [0.15, 0.2) is 9.84 Å². The van der Waals surface area contributed by atoms with E-state index in [1.54, 1.807) is 6.92 Å². The molecular weight excluding hydrogens is 222 g/mol. The van der Waals surface area contributed by atoms with Crippen LogP contribution in [0.4, 0.5) is 0 Å². The molecule has 7 heteroatoms. The van der Waals surface area contributed by atoms with Crippen molar-refractivity contribution in [3.8, 4) is 0 Å². The number of esters is 1. The molecule has 0 spiro atoms. The minimum atomic E-state index is -3.05. The van der Waals surface area contributed by atoms with Gasteiger partial charge in [-0.05, 0) is 13.3 Å². The molecular formula is C8H13NO5S. The van der Waals surface area contributed by atoms with Crippen molar-refractivity contribution in [3.63, 3.8) is 0 Å². The Morgan fingerprint density at radius 3 is 2.60 bits per heavy atom. The molecule has 86 valence electrons. The molecule has 1 saturated heterocycles. The molecule has 1 rings (SSSR count). The summed E-state index contributed by atoms with van der Waals surface area (Å²) in [7, 11) is -3.05. The van der Waals surface area contributed by atoms with Gasteiger partial charge < -0.3 is 10.1 Å². The molecule has 1 amide bonds. The molecule has 0 aromatic rings. The SMILES string of the molecule is CCOC(=O)C(=O)N[C@H]1CCS(=O)(=O)C1. The molecule has 6 nitrogen and oxygen atoms in total. The maximum atomic E-state index is 11.1. The Balaban J connectivity index is 2.43. The quantitative estimate of drug-likeness (QED) is 0.482. The minimum absolute atomic E-state index is 0.0563. The van der Waals surface area contributed by atoms with E-state index in [-0.39, 0.29) is 18.1 Å². The highest BCUT2D eigenvalue weighted by Gasteiger charge is 2.30. The van der Waals surface area contributed by atoms with E-state index in [9.17, 15) is 18.0 Å². The van der Waals surface area contributed by atoms with Crippen molar-refractivity contribution in [3.05, 3.63) is 0 Å². The topological polar surface area (TPSA) is 89.5 Å². The first-order valence-corrected chi connectivity index (χ1v) is 6.45. The largest absolute Gasteiger partial charge is 0.459 e. The second-order valence-electron chi connectivity index (χ2n) is 3.29. The molecule has 0 aromatic heterocycles. The van der Waals surface area contributed by atoms with E-state index in [2.05, 4.69) is 10.1 Å². The zero-order valence-corrected chi connectivity index (χ0v) is 9.17. The lowest BCUT2D eigenvalue weighted by atomic mass is 10.2. The number of sulfone groups is 1. The van der Waals surface area contributed by atoms with Gasteiger partial charge in [0.05, 0.1) is 18.1 Å². The number of hydrogen-bond donors (Lipinski definition) is 1. The Morgan fingerprint density at radius 1 is 1.47 bits per heavy atom. The van der Waals surface area contributed by atoms with Gasteiger partial charge in [0.1, 0.15) is 0 Å². The van der Waals surface area contributed by atoms with Crippen LogP contribution in [0.3, 0.4) is 0 Å². The third-order valence-corrected chi connectivity index (χ3v) is 3.80. The number of ether oxygens (including phenoxy) is 1. The van der Waals surface area contributed by atoms with Crippen molar-refractivity contribution < 1.29 is 22.7 Å². The first-order valence-electron chi connectivity index (χ1n) is 4.62. The summed E-state index contributed by atoms with van der Waals surface area (Å²) in [5.41, 5.74) is 0. The lowest BCUT2D eigenvalue weighted by Crippen LogP contribution is -2.40. The van der Waals surface area contributed by atoms with Gasteiger partial charge in [-0.2, -0.15) is 0 Å². The maximum absolute atomic E-state index is 11.1. The zero-order chi connectivity index (χ0) is 11.5. The van der Waals surface area contributed by atoms with Gasteiger partial charge in [0, 0.05) is 6.04 Å². The van der Waals surface area contributed by atoms with Gasteiger partial charge >= 0.3 is 11.9 Å². The van der Waals surface area contributed by atoms with E-state index in [0.717, 1.165) is 0 Å².